The molecule has 0 spiro atoms. The van der Waals surface area contributed by atoms with Crippen LogP contribution in [0.5, 0.6) is 0 Å². The molecule has 0 saturated heterocycles. The highest BCUT2D eigenvalue weighted by Crippen LogP contribution is 2.24. The lowest BCUT2D eigenvalue weighted by Gasteiger charge is -2.27. The van der Waals surface area contributed by atoms with Gasteiger partial charge in [-0.2, -0.15) is 8.42 Å². The molecule has 2 aromatic rings. The third-order valence-corrected chi connectivity index (χ3v) is 4.73. The number of aliphatic hydroxyl groups is 1. The molecule has 0 aromatic heterocycles. The molecule has 0 aliphatic rings. The Morgan fingerprint density at radius 3 is 2.09 bits per heavy atom. The van der Waals surface area contributed by atoms with Crippen LogP contribution in [0.2, 0.25) is 0 Å². The van der Waals surface area contributed by atoms with Crippen molar-refractivity contribution in [2.45, 2.75) is 18.1 Å². The van der Waals surface area contributed by atoms with Gasteiger partial charge in [-0.05, 0) is 11.1 Å². The van der Waals surface area contributed by atoms with E-state index in [4.69, 9.17) is 4.18 Å². The SMILES string of the molecule is CC(CO)(COS(=O)(=O)Cc1ccccc1)c1ccccc1. The third-order valence-electron chi connectivity index (χ3n) is 3.56. The summed E-state index contributed by atoms with van der Waals surface area (Å²) in [4.78, 5) is 0. The zero-order chi connectivity index (χ0) is 16.1. The van der Waals surface area contributed by atoms with Crippen LogP contribution < -0.4 is 0 Å². The van der Waals surface area contributed by atoms with Gasteiger partial charge in [0.25, 0.3) is 10.1 Å². The highest BCUT2D eigenvalue weighted by atomic mass is 32.2. The summed E-state index contributed by atoms with van der Waals surface area (Å²) in [5.74, 6) is -0.176. The number of benzene rings is 2. The lowest BCUT2D eigenvalue weighted by Crippen LogP contribution is -2.33. The van der Waals surface area contributed by atoms with Gasteiger partial charge in [0.05, 0.1) is 13.2 Å². The molecule has 0 aliphatic carbocycles. The average Bonchev–Trinajstić information content (AvgIpc) is 2.54. The molecule has 1 N–H and O–H groups in total. The minimum Gasteiger partial charge on any atom is -0.395 e. The van der Waals surface area contributed by atoms with Crippen LogP contribution in [0.25, 0.3) is 0 Å². The predicted octanol–water partition coefficient (Wildman–Crippen LogP) is 2.48. The van der Waals surface area contributed by atoms with E-state index in [9.17, 15) is 13.5 Å². The van der Waals surface area contributed by atoms with E-state index >= 15 is 0 Å². The van der Waals surface area contributed by atoms with Crippen LogP contribution in [0.3, 0.4) is 0 Å². The van der Waals surface area contributed by atoms with Gasteiger partial charge in [0, 0.05) is 5.41 Å². The number of rotatable bonds is 7. The van der Waals surface area contributed by atoms with Crippen molar-refractivity contribution in [3.8, 4) is 0 Å². The monoisotopic (exact) mass is 320 g/mol. The highest BCUT2D eigenvalue weighted by Gasteiger charge is 2.29. The molecular formula is C17H20O4S. The van der Waals surface area contributed by atoms with Crippen molar-refractivity contribution >= 4 is 10.1 Å². The molecule has 2 rings (SSSR count). The van der Waals surface area contributed by atoms with Gasteiger partial charge >= 0.3 is 0 Å². The lowest BCUT2D eigenvalue weighted by atomic mass is 9.84. The van der Waals surface area contributed by atoms with E-state index in [1.165, 1.54) is 0 Å². The topological polar surface area (TPSA) is 63.6 Å². The van der Waals surface area contributed by atoms with Crippen molar-refractivity contribution in [2.75, 3.05) is 13.2 Å². The molecule has 0 bridgehead atoms. The van der Waals surface area contributed by atoms with Gasteiger partial charge in [0.1, 0.15) is 5.75 Å². The molecule has 118 valence electrons. The summed E-state index contributed by atoms with van der Waals surface area (Å²) >= 11 is 0. The standard InChI is InChI=1S/C17H20O4S/c1-17(13-18,16-10-6-3-7-11-16)14-21-22(19,20)12-15-8-4-2-5-9-15/h2-11,18H,12-14H2,1H3. The van der Waals surface area contributed by atoms with Gasteiger partial charge in [-0.25, -0.2) is 0 Å². The smallest absolute Gasteiger partial charge is 0.271 e. The summed E-state index contributed by atoms with van der Waals surface area (Å²) in [5.41, 5.74) is 0.755. The van der Waals surface area contributed by atoms with E-state index in [-0.39, 0.29) is 19.0 Å². The average molecular weight is 320 g/mol. The summed E-state index contributed by atoms with van der Waals surface area (Å²) in [6.07, 6.45) is 0. The Bertz CT molecular complexity index is 683. The molecule has 0 heterocycles. The van der Waals surface area contributed by atoms with Gasteiger partial charge < -0.3 is 5.11 Å². The molecule has 0 aliphatic heterocycles. The second-order valence-electron chi connectivity index (χ2n) is 5.53. The van der Waals surface area contributed by atoms with E-state index in [1.807, 2.05) is 36.4 Å². The van der Waals surface area contributed by atoms with Crippen LogP contribution in [0.1, 0.15) is 18.1 Å². The van der Waals surface area contributed by atoms with Crippen molar-refractivity contribution in [2.24, 2.45) is 0 Å². The zero-order valence-corrected chi connectivity index (χ0v) is 13.3. The van der Waals surface area contributed by atoms with E-state index in [1.54, 1.807) is 31.2 Å². The Hall–Kier alpha value is -1.69. The minimum absolute atomic E-state index is 0.0946. The first-order valence-corrected chi connectivity index (χ1v) is 8.60. The second-order valence-corrected chi connectivity index (χ2v) is 7.17. The number of aliphatic hydroxyl groups excluding tert-OH is 1. The molecule has 0 radical (unpaired) electrons. The van der Waals surface area contributed by atoms with Crippen molar-refractivity contribution in [3.05, 3.63) is 71.8 Å². The summed E-state index contributed by atoms with van der Waals surface area (Å²) < 4.78 is 29.3. The maximum Gasteiger partial charge on any atom is 0.271 e. The predicted molar refractivity (Wildman–Crippen MR) is 85.9 cm³/mol. The van der Waals surface area contributed by atoms with E-state index < -0.39 is 15.5 Å². The molecule has 2 aromatic carbocycles. The van der Waals surface area contributed by atoms with Crippen LogP contribution >= 0.6 is 0 Å². The van der Waals surface area contributed by atoms with Crippen molar-refractivity contribution < 1.29 is 17.7 Å². The van der Waals surface area contributed by atoms with Crippen LogP contribution in [0.4, 0.5) is 0 Å². The number of hydrogen-bond donors (Lipinski definition) is 1. The van der Waals surface area contributed by atoms with Gasteiger partial charge in [0.15, 0.2) is 0 Å². The summed E-state index contributed by atoms with van der Waals surface area (Å²) in [7, 11) is -3.70. The molecule has 4 nitrogen and oxygen atoms in total. The maximum absolute atomic E-state index is 12.1. The van der Waals surface area contributed by atoms with Crippen molar-refractivity contribution in [3.63, 3.8) is 0 Å². The molecular weight excluding hydrogens is 300 g/mol. The number of hydrogen-bond acceptors (Lipinski definition) is 4. The van der Waals surface area contributed by atoms with Crippen LogP contribution in [0, 0.1) is 0 Å². The largest absolute Gasteiger partial charge is 0.395 e. The van der Waals surface area contributed by atoms with Gasteiger partial charge in [-0.3, -0.25) is 4.18 Å². The van der Waals surface area contributed by atoms with E-state index in [0.717, 1.165) is 5.56 Å². The van der Waals surface area contributed by atoms with E-state index in [0.29, 0.717) is 5.56 Å². The Balaban J connectivity index is 2.07. The fraction of sp³-hybridized carbons (Fsp3) is 0.294. The Labute approximate surface area is 131 Å². The lowest BCUT2D eigenvalue weighted by molar-refractivity contribution is 0.145. The highest BCUT2D eigenvalue weighted by molar-refractivity contribution is 7.85. The molecule has 0 amide bonds. The Morgan fingerprint density at radius 2 is 1.55 bits per heavy atom. The zero-order valence-electron chi connectivity index (χ0n) is 12.5. The van der Waals surface area contributed by atoms with Crippen LogP contribution in [0.15, 0.2) is 60.7 Å². The summed E-state index contributed by atoms with van der Waals surface area (Å²) in [6.45, 7) is 1.49. The summed E-state index contributed by atoms with van der Waals surface area (Å²) in [6, 6.07) is 18.1. The van der Waals surface area contributed by atoms with Crippen molar-refractivity contribution in [1.29, 1.82) is 0 Å². The molecule has 5 heteroatoms. The molecule has 0 fully saturated rings. The normalized spacial score (nSPS) is 14.5. The van der Waals surface area contributed by atoms with Gasteiger partial charge in [0.2, 0.25) is 0 Å². The first-order valence-electron chi connectivity index (χ1n) is 7.03. The maximum atomic E-state index is 12.1. The van der Waals surface area contributed by atoms with Gasteiger partial charge in [-0.15, -0.1) is 0 Å². The molecule has 1 unspecified atom stereocenters. The molecule has 1 atom stereocenters. The Kier molecular flexibility index (Phi) is 5.34. The summed E-state index contributed by atoms with van der Waals surface area (Å²) in [5, 5.41) is 9.65. The minimum atomic E-state index is -3.70. The molecule has 0 saturated carbocycles. The van der Waals surface area contributed by atoms with Crippen LogP contribution in [-0.2, 0) is 25.5 Å². The van der Waals surface area contributed by atoms with Gasteiger partial charge in [-0.1, -0.05) is 67.6 Å². The fourth-order valence-corrected chi connectivity index (χ4v) is 3.22. The first kappa shape index (κ1) is 16.7. The van der Waals surface area contributed by atoms with Crippen molar-refractivity contribution in [1.82, 2.24) is 0 Å². The molecule has 22 heavy (non-hydrogen) atoms. The third kappa shape index (κ3) is 4.40. The quantitative estimate of drug-likeness (QED) is 0.796. The van der Waals surface area contributed by atoms with Crippen LogP contribution in [-0.4, -0.2) is 26.7 Å². The van der Waals surface area contributed by atoms with E-state index in [2.05, 4.69) is 0 Å². The Morgan fingerprint density at radius 1 is 1.00 bits per heavy atom. The fourth-order valence-electron chi connectivity index (χ4n) is 2.10. The first-order chi connectivity index (χ1) is 10.5. The second kappa shape index (κ2) is 7.05.